The molecular formula is C32H26ClN11. The van der Waals surface area contributed by atoms with Gasteiger partial charge in [-0.1, -0.05) is 41.9 Å². The first-order valence-corrected chi connectivity index (χ1v) is 14.5. The van der Waals surface area contributed by atoms with Crippen LogP contribution in [0.3, 0.4) is 0 Å². The van der Waals surface area contributed by atoms with Gasteiger partial charge in [0.15, 0.2) is 11.5 Å². The molecule has 4 aromatic heterocycles. The molecular weight excluding hydrogens is 574 g/mol. The number of nitriles is 1. The van der Waals surface area contributed by atoms with Gasteiger partial charge in [-0.25, -0.2) is 24.9 Å². The van der Waals surface area contributed by atoms with E-state index in [1.807, 2.05) is 59.2 Å². The van der Waals surface area contributed by atoms with Gasteiger partial charge in [-0.3, -0.25) is 9.47 Å². The molecule has 0 radical (unpaired) electrons. The third kappa shape index (κ3) is 5.28. The predicted octanol–water partition coefficient (Wildman–Crippen LogP) is 4.76. The minimum Gasteiger partial charge on any atom is -0.383 e. The molecule has 44 heavy (non-hydrogen) atoms. The van der Waals surface area contributed by atoms with E-state index in [0.29, 0.717) is 28.3 Å². The van der Waals surface area contributed by atoms with Gasteiger partial charge in [-0.05, 0) is 48.0 Å². The van der Waals surface area contributed by atoms with Crippen LogP contribution in [0.5, 0.6) is 0 Å². The average Bonchev–Trinajstić information content (AvgIpc) is 3.44. The van der Waals surface area contributed by atoms with Crippen molar-refractivity contribution in [3.63, 3.8) is 0 Å². The highest BCUT2D eigenvalue weighted by Gasteiger charge is 2.21. The molecule has 0 aliphatic carbocycles. The van der Waals surface area contributed by atoms with E-state index in [1.165, 1.54) is 11.9 Å². The Hall–Kier alpha value is -5.44. The van der Waals surface area contributed by atoms with Crippen molar-refractivity contribution >= 4 is 34.5 Å². The standard InChI is InChI=1S/C32H26ClN11/c33-25-6-2-1-4-23(25)26-11-12-27-31(39-26)44(30(40-27)24-5-3-13-36-29(24)35)22-9-7-21(8-10-22)19-42-14-16-43(17-15-42)32-38-20-37-28(18-34)41-32/h1-13,20H,14-17,19H2,(H2,35,36). The maximum absolute atomic E-state index is 9.10. The van der Waals surface area contributed by atoms with Crippen LogP contribution in [0, 0.1) is 11.3 Å². The molecule has 0 bridgehead atoms. The van der Waals surface area contributed by atoms with Gasteiger partial charge in [0.25, 0.3) is 0 Å². The number of pyridine rings is 2. The van der Waals surface area contributed by atoms with Crippen molar-refractivity contribution in [3.05, 3.63) is 102 Å². The Labute approximate surface area is 258 Å². The lowest BCUT2D eigenvalue weighted by molar-refractivity contribution is 0.248. The number of imidazole rings is 1. The van der Waals surface area contributed by atoms with Gasteiger partial charge in [0.1, 0.15) is 23.7 Å². The molecule has 2 aromatic carbocycles. The SMILES string of the molecule is N#Cc1ncnc(N2CCN(Cc3ccc(-n4c(-c5cccnc5N)nc5ccc(-c6ccccc6Cl)nc54)cc3)CC2)n1. The number of benzene rings is 2. The molecule has 1 aliphatic rings. The first kappa shape index (κ1) is 27.4. The lowest BCUT2D eigenvalue weighted by Crippen LogP contribution is -2.46. The van der Waals surface area contributed by atoms with Crippen LogP contribution >= 0.6 is 11.6 Å². The summed E-state index contributed by atoms with van der Waals surface area (Å²) >= 11 is 6.52. The van der Waals surface area contributed by atoms with Gasteiger partial charge in [-0.2, -0.15) is 10.2 Å². The first-order valence-electron chi connectivity index (χ1n) is 14.1. The van der Waals surface area contributed by atoms with E-state index in [2.05, 4.69) is 54.0 Å². The second-order valence-corrected chi connectivity index (χ2v) is 10.8. The largest absolute Gasteiger partial charge is 0.383 e. The molecule has 1 fully saturated rings. The molecule has 216 valence electrons. The quantitative estimate of drug-likeness (QED) is 0.285. The molecule has 5 heterocycles. The molecule has 6 aromatic rings. The molecule has 2 N–H and O–H groups in total. The third-order valence-electron chi connectivity index (χ3n) is 7.65. The fourth-order valence-corrected chi connectivity index (χ4v) is 5.65. The smallest absolute Gasteiger partial charge is 0.236 e. The Morgan fingerprint density at radius 3 is 2.39 bits per heavy atom. The lowest BCUT2D eigenvalue weighted by atomic mass is 10.1. The number of aromatic nitrogens is 7. The minimum atomic E-state index is 0.132. The van der Waals surface area contributed by atoms with E-state index in [9.17, 15) is 0 Å². The Morgan fingerprint density at radius 2 is 1.61 bits per heavy atom. The van der Waals surface area contributed by atoms with Crippen LogP contribution in [0.1, 0.15) is 11.4 Å². The van der Waals surface area contributed by atoms with Crippen LogP contribution in [-0.4, -0.2) is 65.5 Å². The van der Waals surface area contributed by atoms with E-state index in [4.69, 9.17) is 32.6 Å². The number of nitrogen functional groups attached to an aromatic ring is 1. The van der Waals surface area contributed by atoms with Crippen molar-refractivity contribution in [2.75, 3.05) is 36.8 Å². The normalized spacial score (nSPS) is 13.7. The number of nitrogens with two attached hydrogens (primary N) is 1. The maximum Gasteiger partial charge on any atom is 0.236 e. The van der Waals surface area contributed by atoms with E-state index in [0.717, 1.165) is 60.7 Å². The van der Waals surface area contributed by atoms with Gasteiger partial charge in [0.05, 0.1) is 11.3 Å². The van der Waals surface area contributed by atoms with Crippen molar-refractivity contribution in [1.29, 1.82) is 5.26 Å². The molecule has 0 amide bonds. The van der Waals surface area contributed by atoms with E-state index in [-0.39, 0.29) is 5.82 Å². The van der Waals surface area contributed by atoms with Gasteiger partial charge >= 0.3 is 0 Å². The van der Waals surface area contributed by atoms with Gasteiger partial charge in [-0.15, -0.1) is 0 Å². The fraction of sp³-hybridized carbons (Fsp3) is 0.156. The number of fused-ring (bicyclic) bond motifs is 1. The van der Waals surface area contributed by atoms with Gasteiger partial charge < -0.3 is 10.6 Å². The monoisotopic (exact) mass is 599 g/mol. The zero-order chi connectivity index (χ0) is 30.0. The van der Waals surface area contributed by atoms with Crippen LogP contribution < -0.4 is 10.6 Å². The summed E-state index contributed by atoms with van der Waals surface area (Å²) in [5, 5.41) is 9.73. The van der Waals surface area contributed by atoms with Crippen LogP contribution in [-0.2, 0) is 6.54 Å². The molecule has 0 saturated carbocycles. The second-order valence-electron chi connectivity index (χ2n) is 10.4. The number of hydrogen-bond acceptors (Lipinski definition) is 10. The number of hydrogen-bond donors (Lipinski definition) is 1. The maximum atomic E-state index is 9.10. The molecule has 0 spiro atoms. The topological polar surface area (TPSA) is 139 Å². The van der Waals surface area contributed by atoms with Crippen molar-refractivity contribution in [2.45, 2.75) is 6.54 Å². The summed E-state index contributed by atoms with van der Waals surface area (Å²) in [4.78, 5) is 31.1. The van der Waals surface area contributed by atoms with Crippen molar-refractivity contribution < 1.29 is 0 Å². The summed E-state index contributed by atoms with van der Waals surface area (Å²) in [7, 11) is 0. The number of anilines is 2. The molecule has 7 rings (SSSR count). The highest BCUT2D eigenvalue weighted by atomic mass is 35.5. The number of nitrogens with zero attached hydrogens (tertiary/aromatic N) is 10. The van der Waals surface area contributed by atoms with Crippen molar-refractivity contribution in [3.8, 4) is 34.4 Å². The second kappa shape index (κ2) is 11.7. The fourth-order valence-electron chi connectivity index (χ4n) is 5.42. The highest BCUT2D eigenvalue weighted by Crippen LogP contribution is 2.33. The summed E-state index contributed by atoms with van der Waals surface area (Å²) in [6.45, 7) is 4.03. The molecule has 1 saturated heterocycles. The molecule has 11 nitrogen and oxygen atoms in total. The van der Waals surface area contributed by atoms with Crippen molar-refractivity contribution in [2.24, 2.45) is 0 Å². The van der Waals surface area contributed by atoms with E-state index < -0.39 is 0 Å². The molecule has 0 atom stereocenters. The zero-order valence-corrected chi connectivity index (χ0v) is 24.3. The summed E-state index contributed by atoms with van der Waals surface area (Å²) in [5.41, 5.74) is 12.2. The van der Waals surface area contributed by atoms with Crippen LogP contribution in [0.4, 0.5) is 11.8 Å². The third-order valence-corrected chi connectivity index (χ3v) is 7.98. The molecule has 0 unspecified atom stereocenters. The number of piperazine rings is 1. The lowest BCUT2D eigenvalue weighted by Gasteiger charge is -2.34. The summed E-state index contributed by atoms with van der Waals surface area (Å²) in [6, 6.07) is 25.7. The van der Waals surface area contributed by atoms with Crippen LogP contribution in [0.25, 0.3) is 39.5 Å². The van der Waals surface area contributed by atoms with E-state index in [1.54, 1.807) is 6.20 Å². The summed E-state index contributed by atoms with van der Waals surface area (Å²) in [6.07, 6.45) is 3.06. The molecule has 1 aliphatic heterocycles. The minimum absolute atomic E-state index is 0.132. The Bertz CT molecular complexity index is 2010. The Morgan fingerprint density at radius 1 is 0.818 bits per heavy atom. The predicted molar refractivity (Wildman–Crippen MR) is 169 cm³/mol. The summed E-state index contributed by atoms with van der Waals surface area (Å²) < 4.78 is 2.02. The summed E-state index contributed by atoms with van der Waals surface area (Å²) in [5.74, 6) is 1.74. The first-order chi connectivity index (χ1) is 21.6. The zero-order valence-electron chi connectivity index (χ0n) is 23.5. The highest BCUT2D eigenvalue weighted by molar-refractivity contribution is 6.33. The Balaban J connectivity index is 1.18. The number of halogens is 1. The van der Waals surface area contributed by atoms with Gasteiger partial charge in [0.2, 0.25) is 11.8 Å². The average molecular weight is 600 g/mol. The van der Waals surface area contributed by atoms with Crippen molar-refractivity contribution in [1.82, 2.24) is 39.4 Å². The molecule has 12 heteroatoms. The van der Waals surface area contributed by atoms with Gasteiger partial charge in [0, 0.05) is 55.2 Å². The Kier molecular flexibility index (Phi) is 7.27. The van der Waals surface area contributed by atoms with Crippen LogP contribution in [0.15, 0.2) is 85.3 Å². The van der Waals surface area contributed by atoms with E-state index >= 15 is 0 Å². The number of rotatable bonds is 6. The van der Waals surface area contributed by atoms with Crippen LogP contribution in [0.2, 0.25) is 5.02 Å².